The van der Waals surface area contributed by atoms with Gasteiger partial charge in [0, 0.05) is 6.20 Å². The highest BCUT2D eigenvalue weighted by atomic mass is 19.4. The van der Waals surface area contributed by atoms with Crippen LogP contribution in [0.1, 0.15) is 18.5 Å². The van der Waals surface area contributed by atoms with Crippen molar-refractivity contribution in [2.24, 2.45) is 5.84 Å². The number of hydrogen-bond donors (Lipinski definition) is 2. The summed E-state index contributed by atoms with van der Waals surface area (Å²) >= 11 is 0. The van der Waals surface area contributed by atoms with Crippen LogP contribution in [0.2, 0.25) is 0 Å². The first kappa shape index (κ1) is 15.7. The average molecular weight is 279 g/mol. The van der Waals surface area contributed by atoms with Gasteiger partial charge in [-0.25, -0.2) is 0 Å². The third-order valence-corrected chi connectivity index (χ3v) is 2.20. The Hall–Kier alpha value is -1.38. The summed E-state index contributed by atoms with van der Waals surface area (Å²) in [5.74, 6) is 5.82. The SMILES string of the molecule is CCOc1cncc(C(COCC(F)(F)F)NN)c1. The van der Waals surface area contributed by atoms with Gasteiger partial charge in [0.05, 0.1) is 25.5 Å². The number of rotatable bonds is 7. The van der Waals surface area contributed by atoms with Crippen molar-refractivity contribution in [2.75, 3.05) is 19.8 Å². The van der Waals surface area contributed by atoms with Gasteiger partial charge in [0.2, 0.25) is 0 Å². The summed E-state index contributed by atoms with van der Waals surface area (Å²) < 4.78 is 45.7. The van der Waals surface area contributed by atoms with E-state index in [2.05, 4.69) is 15.1 Å². The van der Waals surface area contributed by atoms with E-state index in [4.69, 9.17) is 10.6 Å². The number of ether oxygens (including phenoxy) is 2. The third kappa shape index (κ3) is 5.86. The molecule has 0 bridgehead atoms. The van der Waals surface area contributed by atoms with Gasteiger partial charge in [0.25, 0.3) is 0 Å². The van der Waals surface area contributed by atoms with E-state index >= 15 is 0 Å². The van der Waals surface area contributed by atoms with Gasteiger partial charge in [0.1, 0.15) is 12.4 Å². The number of nitrogens with one attached hydrogen (secondary N) is 1. The number of nitrogens with two attached hydrogens (primary N) is 1. The molecule has 108 valence electrons. The van der Waals surface area contributed by atoms with E-state index in [0.717, 1.165) is 0 Å². The molecule has 0 saturated carbocycles. The number of hydrogen-bond acceptors (Lipinski definition) is 5. The Kier molecular flexibility index (Phi) is 6.00. The number of aromatic nitrogens is 1. The Balaban J connectivity index is 2.61. The van der Waals surface area contributed by atoms with Crippen molar-refractivity contribution in [3.8, 4) is 5.75 Å². The molecular weight excluding hydrogens is 263 g/mol. The number of pyridine rings is 1. The average Bonchev–Trinajstić information content (AvgIpc) is 2.34. The molecule has 3 N–H and O–H groups in total. The summed E-state index contributed by atoms with van der Waals surface area (Å²) in [6.07, 6.45) is -1.36. The van der Waals surface area contributed by atoms with Crippen LogP contribution in [0, 0.1) is 0 Å². The predicted molar refractivity (Wildman–Crippen MR) is 62.3 cm³/mol. The molecule has 0 aliphatic heterocycles. The topological polar surface area (TPSA) is 69.4 Å². The van der Waals surface area contributed by atoms with E-state index in [1.807, 2.05) is 6.92 Å². The lowest BCUT2D eigenvalue weighted by molar-refractivity contribution is -0.175. The highest BCUT2D eigenvalue weighted by molar-refractivity contribution is 5.26. The number of hydrazine groups is 1. The molecule has 1 aromatic heterocycles. The van der Waals surface area contributed by atoms with E-state index < -0.39 is 18.8 Å². The zero-order chi connectivity index (χ0) is 14.3. The molecular formula is C11H16F3N3O2. The van der Waals surface area contributed by atoms with Crippen molar-refractivity contribution in [3.05, 3.63) is 24.0 Å². The minimum absolute atomic E-state index is 0.215. The lowest BCUT2D eigenvalue weighted by atomic mass is 10.1. The monoisotopic (exact) mass is 279 g/mol. The van der Waals surface area contributed by atoms with Crippen LogP contribution in [0.15, 0.2) is 18.5 Å². The largest absolute Gasteiger partial charge is 0.492 e. The van der Waals surface area contributed by atoms with Crippen LogP contribution in [0.5, 0.6) is 5.75 Å². The molecule has 0 fully saturated rings. The lowest BCUT2D eigenvalue weighted by Crippen LogP contribution is -2.32. The highest BCUT2D eigenvalue weighted by Crippen LogP contribution is 2.19. The summed E-state index contributed by atoms with van der Waals surface area (Å²) in [5.41, 5.74) is 2.98. The van der Waals surface area contributed by atoms with Crippen LogP contribution in [-0.4, -0.2) is 31.0 Å². The third-order valence-electron chi connectivity index (χ3n) is 2.20. The Morgan fingerprint density at radius 3 is 2.74 bits per heavy atom. The lowest BCUT2D eigenvalue weighted by Gasteiger charge is -2.17. The van der Waals surface area contributed by atoms with Crippen molar-refractivity contribution >= 4 is 0 Å². The zero-order valence-corrected chi connectivity index (χ0v) is 10.4. The summed E-state index contributed by atoms with van der Waals surface area (Å²) in [7, 11) is 0. The molecule has 1 rings (SSSR count). The Labute approximate surface area is 108 Å². The van der Waals surface area contributed by atoms with Gasteiger partial charge in [-0.15, -0.1) is 0 Å². The summed E-state index contributed by atoms with van der Waals surface area (Å²) in [4.78, 5) is 3.93. The van der Waals surface area contributed by atoms with E-state index in [9.17, 15) is 13.2 Å². The van der Waals surface area contributed by atoms with Crippen LogP contribution < -0.4 is 16.0 Å². The molecule has 19 heavy (non-hydrogen) atoms. The first-order valence-electron chi connectivity index (χ1n) is 5.64. The fraction of sp³-hybridized carbons (Fsp3) is 0.545. The fourth-order valence-corrected chi connectivity index (χ4v) is 1.40. The van der Waals surface area contributed by atoms with Gasteiger partial charge < -0.3 is 9.47 Å². The first-order valence-corrected chi connectivity index (χ1v) is 5.64. The molecule has 0 radical (unpaired) electrons. The molecule has 1 aromatic rings. The van der Waals surface area contributed by atoms with E-state index in [1.165, 1.54) is 12.4 Å². The maximum atomic E-state index is 12.0. The van der Waals surface area contributed by atoms with Crippen LogP contribution in [0.3, 0.4) is 0 Å². The smallest absolute Gasteiger partial charge is 0.411 e. The summed E-state index contributed by atoms with van der Waals surface area (Å²) in [6, 6.07) is 1.06. The van der Waals surface area contributed by atoms with E-state index in [1.54, 1.807) is 6.07 Å². The Bertz CT molecular complexity index is 388. The van der Waals surface area contributed by atoms with Crippen LogP contribution in [0.4, 0.5) is 13.2 Å². The van der Waals surface area contributed by atoms with Crippen molar-refractivity contribution in [3.63, 3.8) is 0 Å². The number of alkyl halides is 3. The highest BCUT2D eigenvalue weighted by Gasteiger charge is 2.28. The second-order valence-electron chi connectivity index (χ2n) is 3.74. The Morgan fingerprint density at radius 1 is 1.42 bits per heavy atom. The number of nitrogens with zero attached hydrogens (tertiary/aromatic N) is 1. The van der Waals surface area contributed by atoms with Crippen LogP contribution in [0.25, 0.3) is 0 Å². The minimum Gasteiger partial charge on any atom is -0.492 e. The van der Waals surface area contributed by atoms with Gasteiger partial charge in [-0.05, 0) is 18.6 Å². The van der Waals surface area contributed by atoms with E-state index in [-0.39, 0.29) is 6.61 Å². The molecule has 8 heteroatoms. The second-order valence-corrected chi connectivity index (χ2v) is 3.74. The molecule has 0 aromatic carbocycles. The molecule has 1 unspecified atom stereocenters. The van der Waals surface area contributed by atoms with Gasteiger partial charge in [-0.3, -0.25) is 16.3 Å². The van der Waals surface area contributed by atoms with Gasteiger partial charge >= 0.3 is 6.18 Å². The van der Waals surface area contributed by atoms with Crippen molar-refractivity contribution in [1.29, 1.82) is 0 Å². The normalized spacial score (nSPS) is 13.3. The summed E-state index contributed by atoms with van der Waals surface area (Å²) in [6.45, 7) is 0.755. The van der Waals surface area contributed by atoms with Crippen molar-refractivity contribution in [2.45, 2.75) is 19.1 Å². The molecule has 0 saturated heterocycles. The Morgan fingerprint density at radius 2 is 2.16 bits per heavy atom. The molecule has 1 heterocycles. The minimum atomic E-state index is -4.36. The van der Waals surface area contributed by atoms with Gasteiger partial charge in [0.15, 0.2) is 0 Å². The van der Waals surface area contributed by atoms with Gasteiger partial charge in [-0.1, -0.05) is 0 Å². The molecule has 0 amide bonds. The fourth-order valence-electron chi connectivity index (χ4n) is 1.40. The van der Waals surface area contributed by atoms with Crippen LogP contribution in [-0.2, 0) is 4.74 Å². The quantitative estimate of drug-likeness (QED) is 0.585. The van der Waals surface area contributed by atoms with Crippen molar-refractivity contribution in [1.82, 2.24) is 10.4 Å². The first-order chi connectivity index (χ1) is 8.96. The van der Waals surface area contributed by atoms with Crippen LogP contribution >= 0.6 is 0 Å². The number of halogens is 3. The molecule has 5 nitrogen and oxygen atoms in total. The van der Waals surface area contributed by atoms with E-state index in [0.29, 0.717) is 17.9 Å². The molecule has 1 atom stereocenters. The van der Waals surface area contributed by atoms with Gasteiger partial charge in [-0.2, -0.15) is 13.2 Å². The standard InChI is InChI=1S/C11H16F3N3O2/c1-2-19-9-3-8(4-16-5-9)10(17-15)6-18-7-11(12,13)14/h3-5,10,17H,2,6-7,15H2,1H3. The molecule has 0 spiro atoms. The zero-order valence-electron chi connectivity index (χ0n) is 10.4. The predicted octanol–water partition coefficient (Wildman–Crippen LogP) is 1.56. The molecule has 0 aliphatic rings. The maximum Gasteiger partial charge on any atom is 0.411 e. The maximum absolute atomic E-state index is 12.0. The van der Waals surface area contributed by atoms with Crippen molar-refractivity contribution < 1.29 is 22.6 Å². The summed E-state index contributed by atoms with van der Waals surface area (Å²) in [5, 5.41) is 0. The molecule has 0 aliphatic carbocycles. The second kappa shape index (κ2) is 7.27.